The number of hydrogen-bond acceptors (Lipinski definition) is 4. The van der Waals surface area contributed by atoms with Crippen LogP contribution < -0.4 is 0 Å². The summed E-state index contributed by atoms with van der Waals surface area (Å²) in [5.41, 5.74) is 5.09. The summed E-state index contributed by atoms with van der Waals surface area (Å²) in [4.78, 5) is 33.1. The number of nitrogens with zero attached hydrogens (tertiary/aromatic N) is 3. The number of rotatable bonds is 4. The van der Waals surface area contributed by atoms with Crippen LogP contribution in [0.25, 0.3) is 11.1 Å². The molecule has 1 N–H and O–H groups in total. The summed E-state index contributed by atoms with van der Waals surface area (Å²) < 4.78 is 0. The lowest BCUT2D eigenvalue weighted by Gasteiger charge is -2.58. The number of piperazine rings is 1. The minimum absolute atomic E-state index is 0.0145. The lowest BCUT2D eigenvalue weighted by molar-refractivity contribution is -0.159. The molecular formula is C26H25N3O3. The molecule has 5 rings (SSSR count). The maximum atomic E-state index is 12.9. The number of hydrogen-bond donors (Lipinski definition) is 1. The standard InChI is InChI=1S/C26H25N3O3/c1-17-5-2-3-7-21(17)18-8-10-19(11-9-18)25-22-14-28(15-24(31)29(22)23(25)16-30)26(32)20-6-4-12-27-13-20/h2-13,22-23,25,30H,14-16H2,1H3/t22-,23+,25-/m0/s1. The van der Waals surface area contributed by atoms with Crippen LogP contribution in [0.2, 0.25) is 0 Å². The Morgan fingerprint density at radius 2 is 1.88 bits per heavy atom. The number of pyridine rings is 1. The van der Waals surface area contributed by atoms with Crippen molar-refractivity contribution in [1.82, 2.24) is 14.8 Å². The minimum Gasteiger partial charge on any atom is -0.394 e. The van der Waals surface area contributed by atoms with E-state index in [1.165, 1.54) is 17.3 Å². The van der Waals surface area contributed by atoms with Crippen molar-refractivity contribution < 1.29 is 14.7 Å². The SMILES string of the molecule is Cc1ccccc1-c1ccc([C@@H]2[C@@H](CO)N3C(=O)CN(C(=O)c4cccnc4)C[C@@H]23)cc1. The van der Waals surface area contributed by atoms with Crippen molar-refractivity contribution in [3.05, 3.63) is 89.7 Å². The Labute approximate surface area is 187 Å². The van der Waals surface area contributed by atoms with E-state index in [9.17, 15) is 14.7 Å². The Bertz CT molecular complexity index is 1150. The fourth-order valence-electron chi connectivity index (χ4n) is 5.11. The first kappa shape index (κ1) is 20.4. The molecule has 0 unspecified atom stereocenters. The molecule has 0 radical (unpaired) electrons. The highest BCUT2D eigenvalue weighted by atomic mass is 16.3. The van der Waals surface area contributed by atoms with Crippen LogP contribution in [0.5, 0.6) is 0 Å². The number of aliphatic hydroxyl groups is 1. The molecule has 0 saturated carbocycles. The van der Waals surface area contributed by atoms with Gasteiger partial charge in [-0.25, -0.2) is 0 Å². The number of amides is 2. The Balaban J connectivity index is 1.40. The van der Waals surface area contributed by atoms with Gasteiger partial charge in [-0.15, -0.1) is 0 Å². The van der Waals surface area contributed by atoms with E-state index in [2.05, 4.69) is 48.3 Å². The molecule has 2 aliphatic rings. The molecule has 6 nitrogen and oxygen atoms in total. The van der Waals surface area contributed by atoms with Gasteiger partial charge in [0.1, 0.15) is 6.54 Å². The Hall–Kier alpha value is -3.51. The Morgan fingerprint density at radius 3 is 2.56 bits per heavy atom. The molecule has 6 heteroatoms. The average molecular weight is 428 g/mol. The van der Waals surface area contributed by atoms with Gasteiger partial charge in [-0.1, -0.05) is 48.5 Å². The lowest BCUT2D eigenvalue weighted by atomic mass is 9.73. The highest BCUT2D eigenvalue weighted by molar-refractivity contribution is 5.97. The zero-order chi connectivity index (χ0) is 22.2. The van der Waals surface area contributed by atoms with E-state index >= 15 is 0 Å². The molecule has 0 aliphatic carbocycles. The van der Waals surface area contributed by atoms with E-state index in [1.54, 1.807) is 28.1 Å². The van der Waals surface area contributed by atoms with Gasteiger partial charge in [0.25, 0.3) is 5.91 Å². The molecule has 162 valence electrons. The van der Waals surface area contributed by atoms with Crippen LogP contribution in [0.15, 0.2) is 73.1 Å². The fourth-order valence-corrected chi connectivity index (χ4v) is 5.11. The van der Waals surface area contributed by atoms with Gasteiger partial charge in [-0.3, -0.25) is 14.6 Å². The molecule has 2 aromatic carbocycles. The second-order valence-corrected chi connectivity index (χ2v) is 8.51. The number of benzene rings is 2. The number of fused-ring (bicyclic) bond motifs is 1. The van der Waals surface area contributed by atoms with Crippen LogP contribution in [-0.4, -0.2) is 63.5 Å². The van der Waals surface area contributed by atoms with Gasteiger partial charge in [-0.05, 0) is 41.3 Å². The molecule has 32 heavy (non-hydrogen) atoms. The third-order valence-corrected chi connectivity index (χ3v) is 6.70. The Kier molecular flexibility index (Phi) is 5.23. The van der Waals surface area contributed by atoms with Crippen LogP contribution in [-0.2, 0) is 4.79 Å². The molecule has 2 fully saturated rings. The van der Waals surface area contributed by atoms with Gasteiger partial charge in [-0.2, -0.15) is 0 Å². The summed E-state index contributed by atoms with van der Waals surface area (Å²) in [6, 6.07) is 19.6. The van der Waals surface area contributed by atoms with Crippen LogP contribution in [0.1, 0.15) is 27.4 Å². The van der Waals surface area contributed by atoms with Crippen molar-refractivity contribution in [2.24, 2.45) is 0 Å². The summed E-state index contributed by atoms with van der Waals surface area (Å²) in [6.45, 7) is 2.47. The number of aromatic nitrogens is 1. The van der Waals surface area contributed by atoms with E-state index in [-0.39, 0.29) is 43.0 Å². The molecule has 2 amide bonds. The number of carbonyl (C=O) groups is 2. The lowest BCUT2D eigenvalue weighted by Crippen LogP contribution is -2.73. The molecular weight excluding hydrogens is 402 g/mol. The maximum absolute atomic E-state index is 12.9. The van der Waals surface area contributed by atoms with Gasteiger partial charge < -0.3 is 14.9 Å². The first-order valence-electron chi connectivity index (χ1n) is 10.9. The summed E-state index contributed by atoms with van der Waals surface area (Å²) in [5, 5.41) is 10.0. The topological polar surface area (TPSA) is 73.7 Å². The minimum atomic E-state index is -0.257. The highest BCUT2D eigenvalue weighted by Crippen LogP contribution is 2.43. The second kappa shape index (κ2) is 8.20. The molecule has 0 bridgehead atoms. The molecule has 2 saturated heterocycles. The number of aliphatic hydroxyl groups excluding tert-OH is 1. The smallest absolute Gasteiger partial charge is 0.255 e. The number of aryl methyl sites for hydroxylation is 1. The zero-order valence-electron chi connectivity index (χ0n) is 17.9. The van der Waals surface area contributed by atoms with Crippen LogP contribution in [0.3, 0.4) is 0 Å². The number of carbonyl (C=O) groups excluding carboxylic acids is 2. The van der Waals surface area contributed by atoms with E-state index in [1.807, 2.05) is 12.1 Å². The van der Waals surface area contributed by atoms with E-state index < -0.39 is 0 Å². The monoisotopic (exact) mass is 427 g/mol. The average Bonchev–Trinajstić information content (AvgIpc) is 2.81. The predicted octanol–water partition coefficient (Wildman–Crippen LogP) is 2.87. The van der Waals surface area contributed by atoms with Crippen molar-refractivity contribution in [2.45, 2.75) is 24.9 Å². The van der Waals surface area contributed by atoms with Gasteiger partial charge in [0, 0.05) is 24.9 Å². The van der Waals surface area contributed by atoms with Crippen LogP contribution in [0.4, 0.5) is 0 Å². The van der Waals surface area contributed by atoms with Gasteiger partial charge in [0.05, 0.1) is 24.3 Å². The quantitative estimate of drug-likeness (QED) is 0.695. The van der Waals surface area contributed by atoms with E-state index in [0.29, 0.717) is 12.1 Å². The summed E-state index contributed by atoms with van der Waals surface area (Å²) in [7, 11) is 0. The van der Waals surface area contributed by atoms with E-state index in [0.717, 1.165) is 11.1 Å². The van der Waals surface area contributed by atoms with Crippen molar-refractivity contribution >= 4 is 11.8 Å². The third kappa shape index (κ3) is 3.37. The summed E-state index contributed by atoms with van der Waals surface area (Å²) in [6.07, 6.45) is 3.15. The van der Waals surface area contributed by atoms with Crippen LogP contribution >= 0.6 is 0 Å². The first-order chi connectivity index (χ1) is 15.6. The molecule has 3 atom stereocenters. The molecule has 3 heterocycles. The normalized spacial score (nSPS) is 22.3. The Morgan fingerprint density at radius 1 is 1.09 bits per heavy atom. The third-order valence-electron chi connectivity index (χ3n) is 6.70. The van der Waals surface area contributed by atoms with Gasteiger partial charge in [0.2, 0.25) is 5.91 Å². The maximum Gasteiger partial charge on any atom is 0.255 e. The second-order valence-electron chi connectivity index (χ2n) is 8.51. The highest BCUT2D eigenvalue weighted by Gasteiger charge is 2.54. The van der Waals surface area contributed by atoms with Crippen molar-refractivity contribution in [3.8, 4) is 11.1 Å². The van der Waals surface area contributed by atoms with Crippen molar-refractivity contribution in [1.29, 1.82) is 0 Å². The summed E-state index contributed by atoms with van der Waals surface area (Å²) >= 11 is 0. The molecule has 3 aromatic rings. The molecule has 2 aliphatic heterocycles. The largest absolute Gasteiger partial charge is 0.394 e. The zero-order valence-corrected chi connectivity index (χ0v) is 17.9. The fraction of sp³-hybridized carbons (Fsp3) is 0.269. The first-order valence-corrected chi connectivity index (χ1v) is 10.9. The van der Waals surface area contributed by atoms with E-state index in [4.69, 9.17) is 0 Å². The predicted molar refractivity (Wildman–Crippen MR) is 121 cm³/mol. The van der Waals surface area contributed by atoms with Gasteiger partial charge >= 0.3 is 0 Å². The van der Waals surface area contributed by atoms with Crippen LogP contribution in [0, 0.1) is 6.92 Å². The van der Waals surface area contributed by atoms with Crippen molar-refractivity contribution in [3.63, 3.8) is 0 Å². The molecule has 0 spiro atoms. The molecule has 1 aromatic heterocycles. The van der Waals surface area contributed by atoms with Gasteiger partial charge in [0.15, 0.2) is 0 Å². The summed E-state index contributed by atoms with van der Waals surface area (Å²) in [5.74, 6) is -0.322. The van der Waals surface area contributed by atoms with Crippen molar-refractivity contribution in [2.75, 3.05) is 19.7 Å².